The lowest BCUT2D eigenvalue weighted by molar-refractivity contribution is 0.123. The van der Waals surface area contributed by atoms with Crippen LogP contribution < -0.4 is 5.32 Å². The highest BCUT2D eigenvalue weighted by Crippen LogP contribution is 2.20. The lowest BCUT2D eigenvalue weighted by Gasteiger charge is -2.40. The number of urea groups is 1. The van der Waals surface area contributed by atoms with Gasteiger partial charge in [0.2, 0.25) is 0 Å². The average molecular weight is 349 g/mol. The summed E-state index contributed by atoms with van der Waals surface area (Å²) in [6.07, 6.45) is 4.78. The van der Waals surface area contributed by atoms with Crippen LogP contribution in [0, 0.1) is 0 Å². The molecule has 1 atom stereocenters. The number of nitrogens with zero attached hydrogens (tertiary/aromatic N) is 3. The molecule has 0 bridgehead atoms. The van der Waals surface area contributed by atoms with Gasteiger partial charge in [0.25, 0.3) is 0 Å². The van der Waals surface area contributed by atoms with Crippen LogP contribution in [-0.2, 0) is 6.42 Å². The Morgan fingerprint density at radius 2 is 2.04 bits per heavy atom. The first-order valence-corrected chi connectivity index (χ1v) is 10.1. The van der Waals surface area contributed by atoms with Crippen molar-refractivity contribution in [1.82, 2.24) is 20.1 Å². The number of hydrogen-bond donors (Lipinski definition) is 1. The Kier molecular flexibility index (Phi) is 6.37. The zero-order valence-corrected chi connectivity index (χ0v) is 15.3. The number of thioether (sulfide) groups is 1. The summed E-state index contributed by atoms with van der Waals surface area (Å²) in [7, 11) is 0. The van der Waals surface area contributed by atoms with Crippen molar-refractivity contribution >= 4 is 17.8 Å². The number of aromatic nitrogens is 1. The molecule has 1 aromatic rings. The van der Waals surface area contributed by atoms with Crippen LogP contribution in [0.2, 0.25) is 0 Å². The highest BCUT2D eigenvalue weighted by atomic mass is 32.2. The minimum absolute atomic E-state index is 0.0751. The van der Waals surface area contributed by atoms with Gasteiger partial charge in [0.1, 0.15) is 0 Å². The molecule has 2 aliphatic heterocycles. The van der Waals surface area contributed by atoms with E-state index in [1.165, 1.54) is 24.6 Å². The molecule has 0 radical (unpaired) electrons. The fraction of sp³-hybridized carbons (Fsp3) is 0.667. The Hall–Kier alpha value is -1.27. The van der Waals surface area contributed by atoms with Gasteiger partial charge in [-0.3, -0.25) is 9.88 Å². The molecule has 1 aromatic heterocycles. The van der Waals surface area contributed by atoms with E-state index in [-0.39, 0.29) is 12.1 Å². The molecule has 0 saturated carbocycles. The van der Waals surface area contributed by atoms with E-state index in [2.05, 4.69) is 27.0 Å². The van der Waals surface area contributed by atoms with Crippen molar-refractivity contribution in [2.24, 2.45) is 0 Å². The molecule has 0 aromatic carbocycles. The van der Waals surface area contributed by atoms with Crippen molar-refractivity contribution < 1.29 is 4.79 Å². The number of pyridine rings is 1. The normalized spacial score (nSPS) is 21.5. The summed E-state index contributed by atoms with van der Waals surface area (Å²) in [5, 5.41) is 3.12. The fourth-order valence-electron chi connectivity index (χ4n) is 3.56. The summed E-state index contributed by atoms with van der Waals surface area (Å²) in [5.41, 5.74) is 1.02. The summed E-state index contributed by atoms with van der Waals surface area (Å²) in [4.78, 5) is 21.4. The van der Waals surface area contributed by atoms with Gasteiger partial charge in [-0.25, -0.2) is 4.79 Å². The molecule has 2 amide bonds. The smallest absolute Gasteiger partial charge is 0.317 e. The molecule has 1 N–H and O–H groups in total. The summed E-state index contributed by atoms with van der Waals surface area (Å²) >= 11 is 2.05. The Balaban J connectivity index is 1.41. The Bertz CT molecular complexity index is 513. The third kappa shape index (κ3) is 4.86. The number of rotatable bonds is 4. The molecule has 5 nitrogen and oxygen atoms in total. The number of likely N-dealkylation sites (tertiary alicyclic amines) is 1. The standard InChI is InChI=1S/C18H28N4OS/c1-15(14-16-4-2-3-7-19-16)20-18(23)22-8-5-17(6-9-22)21-10-12-24-13-11-21/h2-4,7,15,17H,5-6,8-14H2,1H3,(H,20,23). The fourth-order valence-corrected chi connectivity index (χ4v) is 4.49. The third-order valence-electron chi connectivity index (χ3n) is 4.93. The molecular formula is C18H28N4OS. The van der Waals surface area contributed by atoms with Crippen molar-refractivity contribution in [3.05, 3.63) is 30.1 Å². The molecule has 2 saturated heterocycles. The van der Waals surface area contributed by atoms with E-state index < -0.39 is 0 Å². The van der Waals surface area contributed by atoms with Gasteiger partial charge in [-0.05, 0) is 31.9 Å². The van der Waals surface area contributed by atoms with Crippen molar-refractivity contribution in [1.29, 1.82) is 0 Å². The van der Waals surface area contributed by atoms with Crippen LogP contribution in [0.1, 0.15) is 25.5 Å². The van der Waals surface area contributed by atoms with Crippen LogP contribution in [0.15, 0.2) is 24.4 Å². The van der Waals surface area contributed by atoms with E-state index in [9.17, 15) is 4.79 Å². The van der Waals surface area contributed by atoms with Crippen LogP contribution in [0.5, 0.6) is 0 Å². The van der Waals surface area contributed by atoms with E-state index in [1.807, 2.05) is 30.0 Å². The van der Waals surface area contributed by atoms with Gasteiger partial charge in [-0.2, -0.15) is 11.8 Å². The predicted molar refractivity (Wildman–Crippen MR) is 99.4 cm³/mol. The average Bonchev–Trinajstić information content (AvgIpc) is 2.63. The SMILES string of the molecule is CC(Cc1ccccn1)NC(=O)N1CCC(N2CCSCC2)CC1. The Morgan fingerprint density at radius 3 is 2.71 bits per heavy atom. The summed E-state index contributed by atoms with van der Waals surface area (Å²) < 4.78 is 0. The van der Waals surface area contributed by atoms with Crippen LogP contribution in [0.25, 0.3) is 0 Å². The first-order chi connectivity index (χ1) is 11.7. The van der Waals surface area contributed by atoms with Crippen LogP contribution in [0.3, 0.4) is 0 Å². The van der Waals surface area contributed by atoms with E-state index in [0.29, 0.717) is 6.04 Å². The molecule has 2 fully saturated rings. The van der Waals surface area contributed by atoms with E-state index >= 15 is 0 Å². The topological polar surface area (TPSA) is 48.5 Å². The van der Waals surface area contributed by atoms with Gasteiger partial charge in [-0.15, -0.1) is 0 Å². The number of piperidine rings is 1. The van der Waals surface area contributed by atoms with Gasteiger partial charge < -0.3 is 10.2 Å². The number of amides is 2. The van der Waals surface area contributed by atoms with Gasteiger partial charge in [0, 0.05) is 68.1 Å². The molecule has 3 heterocycles. The van der Waals surface area contributed by atoms with Gasteiger partial charge in [0.15, 0.2) is 0 Å². The monoisotopic (exact) mass is 348 g/mol. The molecular weight excluding hydrogens is 320 g/mol. The van der Waals surface area contributed by atoms with Gasteiger partial charge in [-0.1, -0.05) is 6.07 Å². The molecule has 1 unspecified atom stereocenters. The first-order valence-electron chi connectivity index (χ1n) is 8.99. The molecule has 2 aliphatic rings. The second-order valence-corrected chi connectivity index (χ2v) is 7.97. The van der Waals surface area contributed by atoms with Crippen LogP contribution in [0.4, 0.5) is 4.79 Å². The molecule has 24 heavy (non-hydrogen) atoms. The summed E-state index contributed by atoms with van der Waals surface area (Å²) in [5.74, 6) is 2.51. The zero-order valence-electron chi connectivity index (χ0n) is 14.5. The minimum Gasteiger partial charge on any atom is -0.335 e. The zero-order chi connectivity index (χ0) is 16.8. The maximum absolute atomic E-state index is 12.5. The molecule has 132 valence electrons. The predicted octanol–water partition coefficient (Wildman–Crippen LogP) is 2.24. The summed E-state index contributed by atoms with van der Waals surface area (Å²) in [6, 6.07) is 6.75. The molecule has 0 spiro atoms. The lowest BCUT2D eigenvalue weighted by Crippen LogP contribution is -2.52. The number of nitrogens with one attached hydrogen (secondary N) is 1. The maximum Gasteiger partial charge on any atom is 0.317 e. The second-order valence-electron chi connectivity index (χ2n) is 6.74. The summed E-state index contributed by atoms with van der Waals surface area (Å²) in [6.45, 7) is 6.21. The molecule has 3 rings (SSSR count). The van der Waals surface area contributed by atoms with E-state index in [4.69, 9.17) is 0 Å². The van der Waals surface area contributed by atoms with Crippen molar-refractivity contribution in [2.75, 3.05) is 37.7 Å². The van der Waals surface area contributed by atoms with Crippen molar-refractivity contribution in [3.63, 3.8) is 0 Å². The third-order valence-corrected chi connectivity index (χ3v) is 5.87. The van der Waals surface area contributed by atoms with Crippen LogP contribution >= 0.6 is 11.8 Å². The minimum atomic E-state index is 0.0751. The van der Waals surface area contributed by atoms with Crippen molar-refractivity contribution in [3.8, 4) is 0 Å². The Morgan fingerprint density at radius 1 is 1.29 bits per heavy atom. The maximum atomic E-state index is 12.5. The van der Waals surface area contributed by atoms with Gasteiger partial charge >= 0.3 is 6.03 Å². The Labute approximate surface area is 149 Å². The highest BCUT2D eigenvalue weighted by molar-refractivity contribution is 7.99. The highest BCUT2D eigenvalue weighted by Gasteiger charge is 2.28. The first kappa shape index (κ1) is 17.5. The lowest BCUT2D eigenvalue weighted by atomic mass is 10.0. The van der Waals surface area contributed by atoms with E-state index in [1.54, 1.807) is 6.20 Å². The largest absolute Gasteiger partial charge is 0.335 e. The van der Waals surface area contributed by atoms with Crippen molar-refractivity contribution in [2.45, 2.75) is 38.3 Å². The molecule has 0 aliphatic carbocycles. The quantitative estimate of drug-likeness (QED) is 0.907. The molecule has 6 heteroatoms. The second kappa shape index (κ2) is 8.72. The van der Waals surface area contributed by atoms with Gasteiger partial charge in [0.05, 0.1) is 0 Å². The number of carbonyl (C=O) groups excluding carboxylic acids is 1. The van der Waals surface area contributed by atoms with Crippen LogP contribution in [-0.4, -0.2) is 70.6 Å². The van der Waals surface area contributed by atoms with E-state index in [0.717, 1.165) is 38.0 Å². The number of carbonyl (C=O) groups is 1. The number of hydrogen-bond acceptors (Lipinski definition) is 4.